The lowest BCUT2D eigenvalue weighted by Gasteiger charge is -1.99. The molecule has 0 atom stereocenters. The average Bonchev–Trinajstić information content (AvgIpc) is 3.05. The smallest absolute Gasteiger partial charge is 0.302 e. The van der Waals surface area contributed by atoms with E-state index in [0.717, 1.165) is 24.4 Å². The van der Waals surface area contributed by atoms with Crippen LogP contribution in [-0.4, -0.2) is 31.1 Å². The normalized spacial score (nSPS) is 9.59. The Labute approximate surface area is 135 Å². The zero-order chi connectivity index (χ0) is 16.2. The molecule has 120 valence electrons. The third-order valence-corrected chi connectivity index (χ3v) is 3.37. The minimum Gasteiger partial charge on any atom is -0.497 e. The van der Waals surface area contributed by atoms with Crippen molar-refractivity contribution < 1.29 is 18.8 Å². The lowest BCUT2D eigenvalue weighted by atomic mass is 10.3. The number of aryl methyl sites for hydroxylation is 1. The molecule has 2 rings (SSSR count). The molecule has 0 saturated heterocycles. The molecule has 22 heavy (non-hydrogen) atoms. The van der Waals surface area contributed by atoms with E-state index >= 15 is 0 Å². The number of ether oxygens (including phenoxy) is 2. The number of thioether (sulfide) groups is 1. The van der Waals surface area contributed by atoms with Crippen LogP contribution < -0.4 is 4.74 Å². The molecule has 0 bridgehead atoms. The van der Waals surface area contributed by atoms with Crippen LogP contribution in [0.4, 0.5) is 0 Å². The number of esters is 1. The first-order valence-corrected chi connectivity index (χ1v) is 8.09. The molecular formula is C16H21NO4S. The van der Waals surface area contributed by atoms with Gasteiger partial charge in [0.05, 0.1) is 19.9 Å². The fourth-order valence-corrected chi connectivity index (χ4v) is 2.01. The SMILES string of the molecule is CC(=O)OCCCc1ccno1.COc1cccc(SC)c1. The van der Waals surface area contributed by atoms with Gasteiger partial charge in [0.2, 0.25) is 0 Å². The second kappa shape index (κ2) is 10.7. The van der Waals surface area contributed by atoms with Gasteiger partial charge in [-0.2, -0.15) is 0 Å². The quantitative estimate of drug-likeness (QED) is 0.460. The van der Waals surface area contributed by atoms with Gasteiger partial charge in [-0.05, 0) is 30.9 Å². The van der Waals surface area contributed by atoms with E-state index in [-0.39, 0.29) is 5.97 Å². The highest BCUT2D eigenvalue weighted by molar-refractivity contribution is 7.98. The first-order valence-electron chi connectivity index (χ1n) is 6.86. The number of hydrogen-bond acceptors (Lipinski definition) is 6. The molecule has 0 saturated carbocycles. The summed E-state index contributed by atoms with van der Waals surface area (Å²) >= 11 is 1.72. The molecule has 2 aromatic rings. The fourth-order valence-electron chi connectivity index (χ4n) is 1.56. The summed E-state index contributed by atoms with van der Waals surface area (Å²) in [5.74, 6) is 1.50. The largest absolute Gasteiger partial charge is 0.497 e. The summed E-state index contributed by atoms with van der Waals surface area (Å²) in [4.78, 5) is 11.6. The number of carbonyl (C=O) groups is 1. The third kappa shape index (κ3) is 7.73. The standard InChI is InChI=1S/C8H11NO3.C8H10OS/c1-7(10)11-6-2-3-8-4-5-9-12-8;1-9-7-4-3-5-8(6-7)10-2/h4-5H,2-3,6H2,1H3;3-6H,1-2H3. The molecule has 0 N–H and O–H groups in total. The highest BCUT2D eigenvalue weighted by Gasteiger charge is 1.97. The number of aromatic nitrogens is 1. The lowest BCUT2D eigenvalue weighted by Crippen LogP contribution is -2.01. The van der Waals surface area contributed by atoms with E-state index in [1.54, 1.807) is 31.1 Å². The topological polar surface area (TPSA) is 61.6 Å². The van der Waals surface area contributed by atoms with Gasteiger partial charge in [-0.3, -0.25) is 4.79 Å². The Morgan fingerprint density at radius 3 is 2.77 bits per heavy atom. The van der Waals surface area contributed by atoms with Crippen LogP contribution in [0.1, 0.15) is 19.1 Å². The minimum atomic E-state index is -0.243. The van der Waals surface area contributed by atoms with Crippen molar-refractivity contribution in [3.05, 3.63) is 42.3 Å². The van der Waals surface area contributed by atoms with Crippen LogP contribution in [0.3, 0.4) is 0 Å². The highest BCUT2D eigenvalue weighted by Crippen LogP contribution is 2.19. The van der Waals surface area contributed by atoms with Gasteiger partial charge in [-0.15, -0.1) is 11.8 Å². The molecule has 0 unspecified atom stereocenters. The van der Waals surface area contributed by atoms with Gasteiger partial charge < -0.3 is 14.0 Å². The maximum Gasteiger partial charge on any atom is 0.302 e. The van der Waals surface area contributed by atoms with Crippen molar-refractivity contribution in [2.24, 2.45) is 0 Å². The molecule has 1 aromatic heterocycles. The molecule has 0 radical (unpaired) electrons. The summed E-state index contributed by atoms with van der Waals surface area (Å²) < 4.78 is 14.6. The van der Waals surface area contributed by atoms with Gasteiger partial charge in [0.25, 0.3) is 0 Å². The second-order valence-corrected chi connectivity index (χ2v) is 5.19. The molecule has 0 aliphatic heterocycles. The second-order valence-electron chi connectivity index (χ2n) is 4.31. The predicted molar refractivity (Wildman–Crippen MR) is 86.2 cm³/mol. The van der Waals surface area contributed by atoms with Gasteiger partial charge in [0.1, 0.15) is 11.5 Å². The Bertz CT molecular complexity index is 524. The van der Waals surface area contributed by atoms with Gasteiger partial charge >= 0.3 is 5.97 Å². The Kier molecular flexibility index (Phi) is 8.83. The molecule has 0 spiro atoms. The summed E-state index contributed by atoms with van der Waals surface area (Å²) in [6.45, 7) is 1.84. The van der Waals surface area contributed by atoms with E-state index in [2.05, 4.69) is 17.5 Å². The summed E-state index contributed by atoms with van der Waals surface area (Å²) in [5.41, 5.74) is 0. The lowest BCUT2D eigenvalue weighted by molar-refractivity contribution is -0.141. The van der Waals surface area contributed by atoms with Crippen LogP contribution >= 0.6 is 11.8 Å². The molecule has 5 nitrogen and oxygen atoms in total. The molecule has 0 fully saturated rings. The van der Waals surface area contributed by atoms with Crippen molar-refractivity contribution in [1.29, 1.82) is 0 Å². The Balaban J connectivity index is 0.000000224. The van der Waals surface area contributed by atoms with Crippen molar-refractivity contribution in [2.75, 3.05) is 20.0 Å². The summed E-state index contributed by atoms with van der Waals surface area (Å²) in [7, 11) is 1.68. The van der Waals surface area contributed by atoms with Crippen molar-refractivity contribution >= 4 is 17.7 Å². The number of hydrogen-bond donors (Lipinski definition) is 0. The van der Waals surface area contributed by atoms with E-state index in [1.165, 1.54) is 11.8 Å². The van der Waals surface area contributed by atoms with Crippen LogP contribution in [0, 0.1) is 0 Å². The number of benzene rings is 1. The van der Waals surface area contributed by atoms with Gasteiger partial charge in [-0.1, -0.05) is 11.2 Å². The zero-order valence-corrected chi connectivity index (χ0v) is 13.9. The Morgan fingerprint density at radius 2 is 2.18 bits per heavy atom. The first kappa shape index (κ1) is 18.1. The Morgan fingerprint density at radius 1 is 1.36 bits per heavy atom. The van der Waals surface area contributed by atoms with E-state index in [0.29, 0.717) is 6.61 Å². The molecule has 0 aliphatic rings. The maximum absolute atomic E-state index is 10.3. The summed E-state index contributed by atoms with van der Waals surface area (Å²) in [6.07, 6.45) is 5.18. The van der Waals surface area contributed by atoms with Crippen LogP contribution in [0.5, 0.6) is 5.75 Å². The van der Waals surface area contributed by atoms with Crippen LogP contribution in [0.25, 0.3) is 0 Å². The Hall–Kier alpha value is -1.95. The predicted octanol–water partition coefficient (Wildman–Crippen LogP) is 3.59. The monoisotopic (exact) mass is 323 g/mol. The van der Waals surface area contributed by atoms with Crippen LogP contribution in [0.2, 0.25) is 0 Å². The van der Waals surface area contributed by atoms with Crippen LogP contribution in [0.15, 0.2) is 45.9 Å². The third-order valence-electron chi connectivity index (χ3n) is 2.64. The molecule has 0 aliphatic carbocycles. The fraction of sp³-hybridized carbons (Fsp3) is 0.375. The number of rotatable bonds is 6. The molecule has 1 heterocycles. The number of methoxy groups -OCH3 is 1. The number of carbonyl (C=O) groups excluding carboxylic acids is 1. The maximum atomic E-state index is 10.3. The van der Waals surface area contributed by atoms with Crippen molar-refractivity contribution in [1.82, 2.24) is 5.16 Å². The summed E-state index contributed by atoms with van der Waals surface area (Å²) in [6, 6.07) is 9.82. The van der Waals surface area contributed by atoms with Crippen LogP contribution in [-0.2, 0) is 16.0 Å². The molecule has 6 heteroatoms. The van der Waals surface area contributed by atoms with Crippen molar-refractivity contribution in [3.8, 4) is 5.75 Å². The van der Waals surface area contributed by atoms with E-state index < -0.39 is 0 Å². The zero-order valence-electron chi connectivity index (χ0n) is 13.1. The minimum absolute atomic E-state index is 0.243. The van der Waals surface area contributed by atoms with Gasteiger partial charge in [0, 0.05) is 24.3 Å². The highest BCUT2D eigenvalue weighted by atomic mass is 32.2. The van der Waals surface area contributed by atoms with E-state index in [4.69, 9.17) is 14.0 Å². The van der Waals surface area contributed by atoms with Crippen molar-refractivity contribution in [2.45, 2.75) is 24.7 Å². The summed E-state index contributed by atoms with van der Waals surface area (Å²) in [5, 5.41) is 3.55. The van der Waals surface area contributed by atoms with E-state index in [9.17, 15) is 4.79 Å². The molecule has 1 aromatic carbocycles. The van der Waals surface area contributed by atoms with Gasteiger partial charge in [0.15, 0.2) is 0 Å². The molecular weight excluding hydrogens is 302 g/mol. The first-order chi connectivity index (χ1) is 10.7. The average molecular weight is 323 g/mol. The molecule has 0 amide bonds. The van der Waals surface area contributed by atoms with Gasteiger partial charge in [-0.25, -0.2) is 0 Å². The number of nitrogens with zero attached hydrogens (tertiary/aromatic N) is 1. The van der Waals surface area contributed by atoms with Crippen molar-refractivity contribution in [3.63, 3.8) is 0 Å². The van der Waals surface area contributed by atoms with E-state index in [1.807, 2.05) is 18.2 Å².